The number of carboxylic acids is 1. The molecule has 0 spiro atoms. The number of aliphatic carboxylic acids is 1. The van der Waals surface area contributed by atoms with Crippen molar-refractivity contribution in [3.8, 4) is 0 Å². The van der Waals surface area contributed by atoms with Crippen LogP contribution in [0.15, 0.2) is 0 Å². The van der Waals surface area contributed by atoms with Crippen molar-refractivity contribution < 1.29 is 19.5 Å². The Morgan fingerprint density at radius 3 is 2.09 bits per heavy atom. The third-order valence-electron chi connectivity index (χ3n) is 1.44. The third kappa shape index (κ3) is 2.49. The molecule has 4 heteroatoms. The molecule has 0 aromatic carbocycles. The molecule has 0 aliphatic carbocycles. The van der Waals surface area contributed by atoms with Crippen LogP contribution in [0.4, 0.5) is 0 Å². The molecule has 0 aromatic rings. The second kappa shape index (κ2) is 3.85. The summed E-state index contributed by atoms with van der Waals surface area (Å²) >= 11 is 0. The second-order valence-electron chi connectivity index (χ2n) is 2.21. The number of ketones is 2. The standard InChI is InChI=1S/C7H10O4/c1-3-5(8)4(2)6(9)7(10)11/h4H,3H2,1-2H3,(H,10,11). The third-order valence-corrected chi connectivity index (χ3v) is 1.44. The maximum absolute atomic E-state index is 10.8. The molecule has 1 N–H and O–H groups in total. The van der Waals surface area contributed by atoms with Gasteiger partial charge in [0.1, 0.15) is 5.78 Å². The minimum Gasteiger partial charge on any atom is -0.475 e. The van der Waals surface area contributed by atoms with Gasteiger partial charge in [-0.15, -0.1) is 0 Å². The van der Waals surface area contributed by atoms with Crippen LogP contribution < -0.4 is 0 Å². The molecule has 0 saturated heterocycles. The van der Waals surface area contributed by atoms with E-state index < -0.39 is 17.7 Å². The molecule has 0 aromatic heterocycles. The Bertz CT molecular complexity index is 195. The summed E-state index contributed by atoms with van der Waals surface area (Å²) in [4.78, 5) is 31.5. The van der Waals surface area contributed by atoms with E-state index in [9.17, 15) is 14.4 Å². The van der Waals surface area contributed by atoms with Crippen LogP contribution in [-0.4, -0.2) is 22.6 Å². The first kappa shape index (κ1) is 9.81. The average Bonchev–Trinajstić information content (AvgIpc) is 2.00. The smallest absolute Gasteiger partial charge is 0.372 e. The highest BCUT2D eigenvalue weighted by Gasteiger charge is 2.25. The van der Waals surface area contributed by atoms with Gasteiger partial charge in [-0.05, 0) is 6.92 Å². The highest BCUT2D eigenvalue weighted by molar-refractivity contribution is 6.37. The first-order chi connectivity index (χ1) is 5.00. The van der Waals surface area contributed by atoms with Crippen LogP contribution in [-0.2, 0) is 14.4 Å². The van der Waals surface area contributed by atoms with Gasteiger partial charge in [-0.1, -0.05) is 6.92 Å². The minimum atomic E-state index is -1.54. The van der Waals surface area contributed by atoms with E-state index >= 15 is 0 Å². The molecule has 0 amide bonds. The van der Waals surface area contributed by atoms with Crippen LogP contribution in [0, 0.1) is 5.92 Å². The molecular formula is C7H10O4. The maximum atomic E-state index is 10.8. The number of carbonyl (C=O) groups excluding carboxylic acids is 2. The summed E-state index contributed by atoms with van der Waals surface area (Å²) in [5.41, 5.74) is 0. The van der Waals surface area contributed by atoms with E-state index in [4.69, 9.17) is 5.11 Å². The van der Waals surface area contributed by atoms with Crippen molar-refractivity contribution in [3.05, 3.63) is 0 Å². The molecule has 0 bridgehead atoms. The Balaban J connectivity index is 4.25. The summed E-state index contributed by atoms with van der Waals surface area (Å²) in [6.07, 6.45) is 0.195. The van der Waals surface area contributed by atoms with Crippen molar-refractivity contribution >= 4 is 17.5 Å². The monoisotopic (exact) mass is 158 g/mol. The fourth-order valence-corrected chi connectivity index (χ4v) is 0.638. The zero-order valence-corrected chi connectivity index (χ0v) is 6.46. The first-order valence-corrected chi connectivity index (χ1v) is 3.30. The van der Waals surface area contributed by atoms with Gasteiger partial charge >= 0.3 is 5.97 Å². The quantitative estimate of drug-likeness (QED) is 0.470. The van der Waals surface area contributed by atoms with E-state index in [0.717, 1.165) is 0 Å². The molecule has 0 aliphatic rings. The van der Waals surface area contributed by atoms with Gasteiger partial charge in [0, 0.05) is 6.42 Å². The molecule has 0 aliphatic heterocycles. The SMILES string of the molecule is CCC(=O)C(C)C(=O)C(=O)O. The van der Waals surface area contributed by atoms with E-state index in [1.807, 2.05) is 0 Å². The maximum Gasteiger partial charge on any atom is 0.372 e. The van der Waals surface area contributed by atoms with Crippen LogP contribution in [0.5, 0.6) is 0 Å². The van der Waals surface area contributed by atoms with Crippen LogP contribution in [0.25, 0.3) is 0 Å². The van der Waals surface area contributed by atoms with Gasteiger partial charge in [0.2, 0.25) is 5.78 Å². The Morgan fingerprint density at radius 2 is 1.82 bits per heavy atom. The van der Waals surface area contributed by atoms with E-state index in [1.165, 1.54) is 6.92 Å². The van der Waals surface area contributed by atoms with E-state index in [-0.39, 0.29) is 12.2 Å². The molecule has 0 heterocycles. The van der Waals surface area contributed by atoms with Gasteiger partial charge in [-0.3, -0.25) is 9.59 Å². The fraction of sp³-hybridized carbons (Fsp3) is 0.571. The lowest BCUT2D eigenvalue weighted by atomic mass is 10.00. The minimum absolute atomic E-state index is 0.195. The van der Waals surface area contributed by atoms with E-state index in [2.05, 4.69) is 0 Å². The van der Waals surface area contributed by atoms with Gasteiger partial charge in [0.15, 0.2) is 0 Å². The molecule has 1 unspecified atom stereocenters. The van der Waals surface area contributed by atoms with E-state index in [0.29, 0.717) is 0 Å². The summed E-state index contributed by atoms with van der Waals surface area (Å²) in [5.74, 6) is -3.91. The van der Waals surface area contributed by atoms with Crippen molar-refractivity contribution in [2.45, 2.75) is 20.3 Å². The van der Waals surface area contributed by atoms with Crippen LogP contribution in [0.1, 0.15) is 20.3 Å². The summed E-state index contributed by atoms with van der Waals surface area (Å²) in [6, 6.07) is 0. The predicted octanol–water partition coefficient (Wildman–Crippen LogP) is 0.255. The van der Waals surface area contributed by atoms with Gasteiger partial charge in [0.25, 0.3) is 0 Å². The lowest BCUT2D eigenvalue weighted by molar-refractivity contribution is -0.152. The largest absolute Gasteiger partial charge is 0.475 e. The van der Waals surface area contributed by atoms with Crippen molar-refractivity contribution in [2.75, 3.05) is 0 Å². The molecule has 1 atom stereocenters. The number of carbonyl (C=O) groups is 3. The highest BCUT2D eigenvalue weighted by atomic mass is 16.4. The van der Waals surface area contributed by atoms with Crippen molar-refractivity contribution in [3.63, 3.8) is 0 Å². The highest BCUT2D eigenvalue weighted by Crippen LogP contribution is 2.01. The topological polar surface area (TPSA) is 71.4 Å². The number of Topliss-reactive ketones (excluding diaryl/α,β-unsaturated/α-hetero) is 2. The van der Waals surface area contributed by atoms with Crippen molar-refractivity contribution in [1.82, 2.24) is 0 Å². The molecule has 4 nitrogen and oxygen atoms in total. The van der Waals surface area contributed by atoms with Crippen LogP contribution in [0.3, 0.4) is 0 Å². The predicted molar refractivity (Wildman–Crippen MR) is 37.1 cm³/mol. The van der Waals surface area contributed by atoms with E-state index in [1.54, 1.807) is 6.92 Å². The summed E-state index contributed by atoms with van der Waals surface area (Å²) in [6.45, 7) is 2.90. The molecule has 11 heavy (non-hydrogen) atoms. The lowest BCUT2D eigenvalue weighted by Gasteiger charge is -2.02. The number of hydrogen-bond acceptors (Lipinski definition) is 3. The first-order valence-electron chi connectivity index (χ1n) is 3.30. The summed E-state index contributed by atoms with van der Waals surface area (Å²) < 4.78 is 0. The van der Waals surface area contributed by atoms with Crippen molar-refractivity contribution in [1.29, 1.82) is 0 Å². The molecule has 62 valence electrons. The summed E-state index contributed by atoms with van der Waals surface area (Å²) in [5, 5.41) is 8.20. The molecule has 0 rings (SSSR count). The van der Waals surface area contributed by atoms with Crippen LogP contribution in [0.2, 0.25) is 0 Å². The van der Waals surface area contributed by atoms with Gasteiger partial charge in [-0.2, -0.15) is 0 Å². The molecular weight excluding hydrogens is 148 g/mol. The lowest BCUT2D eigenvalue weighted by Crippen LogP contribution is -2.27. The molecule has 0 saturated carbocycles. The fourth-order valence-electron chi connectivity index (χ4n) is 0.638. The Labute approximate surface area is 64.2 Å². The number of hydrogen-bond donors (Lipinski definition) is 1. The Morgan fingerprint density at radius 1 is 1.36 bits per heavy atom. The van der Waals surface area contributed by atoms with Crippen molar-refractivity contribution in [2.24, 2.45) is 5.92 Å². The van der Waals surface area contributed by atoms with Gasteiger partial charge in [0.05, 0.1) is 5.92 Å². The Hall–Kier alpha value is -1.19. The van der Waals surface area contributed by atoms with Gasteiger partial charge in [-0.25, -0.2) is 4.79 Å². The van der Waals surface area contributed by atoms with Crippen LogP contribution >= 0.6 is 0 Å². The second-order valence-corrected chi connectivity index (χ2v) is 2.21. The normalized spacial score (nSPS) is 12.2. The number of rotatable bonds is 4. The number of carboxylic acid groups (broad SMARTS) is 1. The molecule has 0 fully saturated rings. The average molecular weight is 158 g/mol. The zero-order chi connectivity index (χ0) is 9.02. The molecule has 0 radical (unpaired) electrons. The zero-order valence-electron chi connectivity index (χ0n) is 6.46. The summed E-state index contributed by atoms with van der Waals surface area (Å²) in [7, 11) is 0. The van der Waals surface area contributed by atoms with Gasteiger partial charge < -0.3 is 5.11 Å². The Kier molecular flexibility index (Phi) is 3.44.